The lowest BCUT2D eigenvalue weighted by Gasteiger charge is -2.32. The van der Waals surface area contributed by atoms with Gasteiger partial charge in [-0.3, -0.25) is 4.79 Å². The van der Waals surface area contributed by atoms with Crippen molar-refractivity contribution in [3.8, 4) is 0 Å². The van der Waals surface area contributed by atoms with Crippen LogP contribution >= 0.6 is 23.2 Å². The fourth-order valence-corrected chi connectivity index (χ4v) is 2.63. The molecule has 96 valence electrons. The van der Waals surface area contributed by atoms with Gasteiger partial charge in [-0.15, -0.1) is 0 Å². The number of carboxylic acid groups (broad SMARTS) is 1. The fourth-order valence-electron chi connectivity index (χ4n) is 2.34. The molecule has 0 aromatic heterocycles. The zero-order chi connectivity index (χ0) is 13.3. The highest BCUT2D eigenvalue weighted by atomic mass is 35.5. The molecule has 0 saturated heterocycles. The first-order chi connectivity index (χ1) is 8.45. The number of allylic oxidation sites excluding steroid dienone is 2. The van der Waals surface area contributed by atoms with E-state index in [0.717, 1.165) is 12.0 Å². The highest BCUT2D eigenvalue weighted by Gasteiger charge is 2.41. The third-order valence-electron chi connectivity index (χ3n) is 3.63. The van der Waals surface area contributed by atoms with Crippen LogP contribution in [0.25, 0.3) is 0 Å². The Morgan fingerprint density at radius 2 is 2.06 bits per heavy atom. The van der Waals surface area contributed by atoms with Crippen LogP contribution in [0.15, 0.2) is 29.8 Å². The molecule has 4 heteroatoms. The lowest BCUT2D eigenvalue weighted by molar-refractivity contribution is -0.144. The van der Waals surface area contributed by atoms with Crippen molar-refractivity contribution in [2.45, 2.75) is 31.6 Å². The smallest absolute Gasteiger partial charge is 0.314 e. The van der Waals surface area contributed by atoms with E-state index in [2.05, 4.69) is 0 Å². The molecule has 1 aromatic carbocycles. The second kappa shape index (κ2) is 4.94. The highest BCUT2D eigenvalue weighted by Crippen LogP contribution is 2.40. The van der Waals surface area contributed by atoms with Crippen molar-refractivity contribution in [3.63, 3.8) is 0 Å². The molecule has 0 heterocycles. The van der Waals surface area contributed by atoms with Crippen LogP contribution in [-0.4, -0.2) is 11.1 Å². The minimum atomic E-state index is -0.867. The standard InChI is InChI=1S/C14H14Cl2O2/c1-9-4-6-14(7-5-9,13(17)18)10-2-3-11(15)12(16)8-10/h2-4,8H,5-7H2,1H3,(H,17,18). The minimum Gasteiger partial charge on any atom is -0.481 e. The molecule has 1 unspecified atom stereocenters. The maximum atomic E-state index is 11.7. The predicted octanol–water partition coefficient (Wildman–Crippen LogP) is 4.45. The van der Waals surface area contributed by atoms with Gasteiger partial charge in [0.25, 0.3) is 0 Å². The fraction of sp³-hybridized carbons (Fsp3) is 0.357. The topological polar surface area (TPSA) is 37.3 Å². The third kappa shape index (κ3) is 2.27. The summed E-state index contributed by atoms with van der Waals surface area (Å²) in [5.74, 6) is -0.801. The normalized spacial score (nSPS) is 23.6. The van der Waals surface area contributed by atoms with Crippen molar-refractivity contribution in [1.29, 1.82) is 0 Å². The molecule has 18 heavy (non-hydrogen) atoms. The molecular weight excluding hydrogens is 271 g/mol. The van der Waals surface area contributed by atoms with Gasteiger partial charge in [-0.25, -0.2) is 0 Å². The summed E-state index contributed by atoms with van der Waals surface area (Å²) in [6.07, 6.45) is 3.90. The van der Waals surface area contributed by atoms with Gasteiger partial charge in [-0.05, 0) is 43.9 Å². The van der Waals surface area contributed by atoms with E-state index in [1.54, 1.807) is 18.2 Å². The summed E-state index contributed by atoms with van der Waals surface area (Å²) >= 11 is 11.9. The van der Waals surface area contributed by atoms with Gasteiger partial charge in [0.2, 0.25) is 0 Å². The molecule has 1 aliphatic rings. The van der Waals surface area contributed by atoms with Gasteiger partial charge < -0.3 is 5.11 Å². The zero-order valence-corrected chi connectivity index (χ0v) is 11.6. The number of hydrogen-bond acceptors (Lipinski definition) is 1. The minimum absolute atomic E-state index is 0.404. The first-order valence-electron chi connectivity index (χ1n) is 5.80. The van der Waals surface area contributed by atoms with Crippen molar-refractivity contribution in [2.24, 2.45) is 0 Å². The molecule has 2 rings (SSSR count). The van der Waals surface area contributed by atoms with Crippen molar-refractivity contribution in [2.75, 3.05) is 0 Å². The lowest BCUT2D eigenvalue weighted by Crippen LogP contribution is -2.37. The number of carboxylic acids is 1. The van der Waals surface area contributed by atoms with Gasteiger partial charge in [-0.2, -0.15) is 0 Å². The average molecular weight is 285 g/mol. The van der Waals surface area contributed by atoms with Crippen LogP contribution in [0.5, 0.6) is 0 Å². The highest BCUT2D eigenvalue weighted by molar-refractivity contribution is 6.42. The van der Waals surface area contributed by atoms with Crippen molar-refractivity contribution in [1.82, 2.24) is 0 Å². The van der Waals surface area contributed by atoms with Crippen LogP contribution in [0, 0.1) is 0 Å². The molecule has 1 atom stereocenters. The van der Waals surface area contributed by atoms with Crippen LogP contribution < -0.4 is 0 Å². The average Bonchev–Trinajstić information content (AvgIpc) is 2.34. The summed E-state index contributed by atoms with van der Waals surface area (Å²) in [4.78, 5) is 11.7. The third-order valence-corrected chi connectivity index (χ3v) is 4.37. The van der Waals surface area contributed by atoms with Crippen LogP contribution in [0.4, 0.5) is 0 Å². The Labute approximate surface area is 116 Å². The lowest BCUT2D eigenvalue weighted by atomic mass is 9.70. The molecule has 1 N–H and O–H groups in total. The SMILES string of the molecule is CC1=CCC(C(=O)O)(c2ccc(Cl)c(Cl)c2)CC1. The second-order valence-corrected chi connectivity index (χ2v) is 5.59. The van der Waals surface area contributed by atoms with Gasteiger partial charge in [0.15, 0.2) is 0 Å². The molecular formula is C14H14Cl2O2. The largest absolute Gasteiger partial charge is 0.481 e. The summed E-state index contributed by atoms with van der Waals surface area (Å²) in [6.45, 7) is 2.03. The van der Waals surface area contributed by atoms with E-state index in [1.165, 1.54) is 5.57 Å². The Balaban J connectivity index is 2.48. The zero-order valence-electron chi connectivity index (χ0n) is 10.0. The van der Waals surface area contributed by atoms with E-state index in [1.807, 2.05) is 13.0 Å². The van der Waals surface area contributed by atoms with Gasteiger partial charge in [0.05, 0.1) is 15.5 Å². The van der Waals surface area contributed by atoms with Gasteiger partial charge in [-0.1, -0.05) is 40.9 Å². The first-order valence-corrected chi connectivity index (χ1v) is 6.56. The number of aliphatic carboxylic acids is 1. The van der Waals surface area contributed by atoms with Crippen molar-refractivity contribution < 1.29 is 9.90 Å². The monoisotopic (exact) mass is 284 g/mol. The quantitative estimate of drug-likeness (QED) is 0.815. The van der Waals surface area contributed by atoms with Crippen LogP contribution in [0.3, 0.4) is 0 Å². The summed E-state index contributed by atoms with van der Waals surface area (Å²) < 4.78 is 0. The van der Waals surface area contributed by atoms with Crippen molar-refractivity contribution in [3.05, 3.63) is 45.5 Å². The van der Waals surface area contributed by atoms with E-state index in [0.29, 0.717) is 22.9 Å². The van der Waals surface area contributed by atoms with E-state index < -0.39 is 11.4 Å². The van der Waals surface area contributed by atoms with Crippen LogP contribution in [-0.2, 0) is 10.2 Å². The maximum Gasteiger partial charge on any atom is 0.314 e. The number of halogens is 2. The van der Waals surface area contributed by atoms with E-state index in [-0.39, 0.29) is 0 Å². The van der Waals surface area contributed by atoms with E-state index in [9.17, 15) is 9.90 Å². The number of benzene rings is 1. The Hall–Kier alpha value is -0.990. The molecule has 1 aromatic rings. The second-order valence-electron chi connectivity index (χ2n) is 4.77. The molecule has 0 spiro atoms. The van der Waals surface area contributed by atoms with Crippen LogP contribution in [0.2, 0.25) is 10.0 Å². The van der Waals surface area contributed by atoms with Crippen LogP contribution in [0.1, 0.15) is 31.7 Å². The molecule has 0 fully saturated rings. The Morgan fingerprint density at radius 3 is 2.56 bits per heavy atom. The Kier molecular flexibility index (Phi) is 3.69. The molecule has 0 radical (unpaired) electrons. The summed E-state index contributed by atoms with van der Waals surface area (Å²) in [7, 11) is 0. The molecule has 1 aliphatic carbocycles. The maximum absolute atomic E-state index is 11.7. The van der Waals surface area contributed by atoms with Crippen molar-refractivity contribution >= 4 is 29.2 Å². The number of carbonyl (C=O) groups is 1. The Morgan fingerprint density at radius 1 is 1.33 bits per heavy atom. The molecule has 0 amide bonds. The summed E-state index contributed by atoms with van der Waals surface area (Å²) in [5.41, 5.74) is 1.10. The predicted molar refractivity (Wildman–Crippen MR) is 73.4 cm³/mol. The van der Waals surface area contributed by atoms with Gasteiger partial charge in [0, 0.05) is 0 Å². The van der Waals surface area contributed by atoms with E-state index >= 15 is 0 Å². The molecule has 0 aliphatic heterocycles. The molecule has 0 bridgehead atoms. The summed E-state index contributed by atoms with van der Waals surface area (Å²) in [5, 5.41) is 10.4. The number of rotatable bonds is 2. The first kappa shape index (κ1) is 13.4. The molecule has 2 nitrogen and oxygen atoms in total. The Bertz CT molecular complexity index is 523. The van der Waals surface area contributed by atoms with Gasteiger partial charge >= 0.3 is 5.97 Å². The van der Waals surface area contributed by atoms with Gasteiger partial charge in [0.1, 0.15) is 0 Å². The molecule has 0 saturated carbocycles. The summed E-state index contributed by atoms with van der Waals surface area (Å²) in [6, 6.07) is 5.10. The van der Waals surface area contributed by atoms with E-state index in [4.69, 9.17) is 23.2 Å². The number of hydrogen-bond donors (Lipinski definition) is 1.